The number of benzene rings is 2. The number of hydrogen-bond acceptors (Lipinski definition) is 6. The van der Waals surface area contributed by atoms with Crippen LogP contribution in [0.1, 0.15) is 35.7 Å². The molecule has 1 heterocycles. The van der Waals surface area contributed by atoms with Crippen LogP contribution in [0.15, 0.2) is 47.0 Å². The quantitative estimate of drug-likeness (QED) is 0.599. The minimum atomic E-state index is -0.186. The molecule has 7 nitrogen and oxygen atoms in total. The number of carbonyl (C=O) groups excluding carboxylic acids is 1. The van der Waals surface area contributed by atoms with E-state index in [9.17, 15) is 4.79 Å². The van der Waals surface area contributed by atoms with Crippen molar-refractivity contribution in [2.24, 2.45) is 0 Å². The lowest BCUT2D eigenvalue weighted by molar-refractivity contribution is 0.0664. The third kappa shape index (κ3) is 4.56. The van der Waals surface area contributed by atoms with E-state index in [-0.39, 0.29) is 18.5 Å². The van der Waals surface area contributed by atoms with Gasteiger partial charge in [-0.2, -0.15) is 4.98 Å². The van der Waals surface area contributed by atoms with Crippen LogP contribution in [0.25, 0.3) is 11.4 Å². The summed E-state index contributed by atoms with van der Waals surface area (Å²) in [5.74, 6) is 1.75. The van der Waals surface area contributed by atoms with Crippen LogP contribution in [0.2, 0.25) is 0 Å². The van der Waals surface area contributed by atoms with Crippen LogP contribution in [0.5, 0.6) is 11.5 Å². The summed E-state index contributed by atoms with van der Waals surface area (Å²) in [7, 11) is 3.09. The minimum absolute atomic E-state index is 0.0796. The van der Waals surface area contributed by atoms with E-state index in [2.05, 4.69) is 10.1 Å². The first kappa shape index (κ1) is 20.4. The van der Waals surface area contributed by atoms with Gasteiger partial charge < -0.3 is 18.9 Å². The molecule has 0 atom stereocenters. The van der Waals surface area contributed by atoms with Crippen molar-refractivity contribution in [2.75, 3.05) is 14.2 Å². The van der Waals surface area contributed by atoms with Crippen LogP contribution < -0.4 is 9.47 Å². The molecular weight excluding hydrogens is 370 g/mol. The lowest BCUT2D eigenvalue weighted by atomic mass is 10.1. The molecule has 0 unspecified atom stereocenters. The highest BCUT2D eigenvalue weighted by atomic mass is 16.5. The van der Waals surface area contributed by atoms with Crippen LogP contribution in [-0.4, -0.2) is 41.2 Å². The molecule has 152 valence electrons. The molecule has 0 bridgehead atoms. The average Bonchev–Trinajstić information content (AvgIpc) is 3.20. The summed E-state index contributed by atoms with van der Waals surface area (Å²) in [4.78, 5) is 19.3. The summed E-state index contributed by atoms with van der Waals surface area (Å²) in [6.45, 7) is 6.09. The minimum Gasteiger partial charge on any atom is -0.497 e. The van der Waals surface area contributed by atoms with Gasteiger partial charge in [0.15, 0.2) is 0 Å². The van der Waals surface area contributed by atoms with Crippen LogP contribution in [0, 0.1) is 6.92 Å². The molecule has 0 aliphatic heterocycles. The normalized spacial score (nSPS) is 10.8. The van der Waals surface area contributed by atoms with Crippen LogP contribution in [0.3, 0.4) is 0 Å². The van der Waals surface area contributed by atoms with Gasteiger partial charge in [0.1, 0.15) is 18.0 Å². The molecule has 2 aromatic carbocycles. The first-order valence-electron chi connectivity index (χ1n) is 9.35. The van der Waals surface area contributed by atoms with Crippen LogP contribution >= 0.6 is 0 Å². The Balaban J connectivity index is 1.84. The number of rotatable bonds is 7. The standard InChI is InChI=1S/C22H25N3O4/c1-14(2)25(22(26)18-11-10-17(27-4)12-19(18)28-5)13-20-23-21(24-29-20)16-8-6-15(3)7-9-16/h6-12,14H,13H2,1-5H3. The molecular formula is C22H25N3O4. The van der Waals surface area contributed by atoms with E-state index in [0.29, 0.717) is 28.8 Å². The number of methoxy groups -OCH3 is 2. The molecule has 0 saturated heterocycles. The second-order valence-corrected chi connectivity index (χ2v) is 6.97. The van der Waals surface area contributed by atoms with Gasteiger partial charge in [0.25, 0.3) is 5.91 Å². The van der Waals surface area contributed by atoms with Gasteiger partial charge in [-0.05, 0) is 32.9 Å². The lowest BCUT2D eigenvalue weighted by Crippen LogP contribution is -2.36. The number of nitrogens with zero attached hydrogens (tertiary/aromatic N) is 3. The van der Waals surface area contributed by atoms with Crippen molar-refractivity contribution in [2.45, 2.75) is 33.4 Å². The maximum absolute atomic E-state index is 13.2. The first-order chi connectivity index (χ1) is 13.9. The monoisotopic (exact) mass is 395 g/mol. The van der Waals surface area contributed by atoms with E-state index in [1.54, 1.807) is 30.2 Å². The van der Waals surface area contributed by atoms with Gasteiger partial charge in [-0.15, -0.1) is 0 Å². The zero-order valence-corrected chi connectivity index (χ0v) is 17.3. The van der Waals surface area contributed by atoms with E-state index in [1.165, 1.54) is 7.11 Å². The molecule has 0 spiro atoms. The summed E-state index contributed by atoms with van der Waals surface area (Å²) >= 11 is 0. The van der Waals surface area contributed by atoms with Crippen molar-refractivity contribution in [1.29, 1.82) is 0 Å². The van der Waals surface area contributed by atoms with E-state index >= 15 is 0 Å². The smallest absolute Gasteiger partial charge is 0.258 e. The van der Waals surface area contributed by atoms with Gasteiger partial charge in [-0.1, -0.05) is 35.0 Å². The zero-order chi connectivity index (χ0) is 21.0. The van der Waals surface area contributed by atoms with E-state index in [4.69, 9.17) is 14.0 Å². The highest BCUT2D eigenvalue weighted by Crippen LogP contribution is 2.27. The lowest BCUT2D eigenvalue weighted by Gasteiger charge is -2.26. The summed E-state index contributed by atoms with van der Waals surface area (Å²) < 4.78 is 16.0. The zero-order valence-electron chi connectivity index (χ0n) is 17.3. The Kier molecular flexibility index (Phi) is 6.16. The number of aromatic nitrogens is 2. The maximum Gasteiger partial charge on any atom is 0.258 e. The predicted octanol–water partition coefficient (Wildman–Crippen LogP) is 4.11. The van der Waals surface area contributed by atoms with Crippen molar-refractivity contribution < 1.29 is 18.8 Å². The molecule has 3 rings (SSSR count). The summed E-state index contributed by atoms with van der Waals surface area (Å²) in [6, 6.07) is 12.9. The summed E-state index contributed by atoms with van der Waals surface area (Å²) in [6.07, 6.45) is 0. The Hall–Kier alpha value is -3.35. The molecule has 7 heteroatoms. The van der Waals surface area contributed by atoms with E-state index in [1.807, 2.05) is 45.0 Å². The fraction of sp³-hybridized carbons (Fsp3) is 0.318. The number of carbonyl (C=O) groups is 1. The second-order valence-electron chi connectivity index (χ2n) is 6.97. The maximum atomic E-state index is 13.2. The number of ether oxygens (including phenoxy) is 2. The van der Waals surface area contributed by atoms with Crippen molar-refractivity contribution in [3.05, 3.63) is 59.5 Å². The van der Waals surface area contributed by atoms with Gasteiger partial charge in [0, 0.05) is 17.7 Å². The third-order valence-corrected chi connectivity index (χ3v) is 4.61. The Morgan fingerprint density at radius 1 is 1.10 bits per heavy atom. The van der Waals surface area contributed by atoms with Crippen molar-refractivity contribution in [1.82, 2.24) is 15.0 Å². The molecule has 0 radical (unpaired) electrons. The number of amides is 1. The van der Waals surface area contributed by atoms with Gasteiger partial charge in [-0.3, -0.25) is 4.79 Å². The topological polar surface area (TPSA) is 77.7 Å². The number of hydrogen-bond donors (Lipinski definition) is 0. The molecule has 1 aromatic heterocycles. The summed E-state index contributed by atoms with van der Waals surface area (Å²) in [5.41, 5.74) is 2.47. The summed E-state index contributed by atoms with van der Waals surface area (Å²) in [5, 5.41) is 4.05. The SMILES string of the molecule is COc1ccc(C(=O)N(Cc2nc(-c3ccc(C)cc3)no2)C(C)C)c(OC)c1. The molecule has 29 heavy (non-hydrogen) atoms. The highest BCUT2D eigenvalue weighted by Gasteiger charge is 2.25. The number of aryl methyl sites for hydroxylation is 1. The van der Waals surface area contributed by atoms with Crippen molar-refractivity contribution in [3.8, 4) is 22.9 Å². The Bertz CT molecular complexity index is 980. The Morgan fingerprint density at radius 2 is 1.83 bits per heavy atom. The van der Waals surface area contributed by atoms with Crippen molar-refractivity contribution >= 4 is 5.91 Å². The van der Waals surface area contributed by atoms with Crippen LogP contribution in [-0.2, 0) is 6.54 Å². The Labute approximate surface area is 170 Å². The highest BCUT2D eigenvalue weighted by molar-refractivity contribution is 5.97. The van der Waals surface area contributed by atoms with Gasteiger partial charge in [0.05, 0.1) is 19.8 Å². The van der Waals surface area contributed by atoms with Gasteiger partial charge in [0.2, 0.25) is 11.7 Å². The predicted molar refractivity (Wildman–Crippen MR) is 109 cm³/mol. The molecule has 0 aliphatic carbocycles. The molecule has 1 amide bonds. The molecule has 0 N–H and O–H groups in total. The molecule has 3 aromatic rings. The van der Waals surface area contributed by atoms with Crippen molar-refractivity contribution in [3.63, 3.8) is 0 Å². The largest absolute Gasteiger partial charge is 0.497 e. The third-order valence-electron chi connectivity index (χ3n) is 4.61. The average molecular weight is 395 g/mol. The van der Waals surface area contributed by atoms with E-state index in [0.717, 1.165) is 11.1 Å². The fourth-order valence-electron chi connectivity index (χ4n) is 2.90. The van der Waals surface area contributed by atoms with Crippen LogP contribution in [0.4, 0.5) is 0 Å². The molecule has 0 fully saturated rings. The molecule has 0 saturated carbocycles. The Morgan fingerprint density at radius 3 is 2.45 bits per heavy atom. The van der Waals surface area contributed by atoms with Gasteiger partial charge >= 0.3 is 0 Å². The first-order valence-corrected chi connectivity index (χ1v) is 9.35. The second kappa shape index (κ2) is 8.77. The van der Waals surface area contributed by atoms with E-state index < -0.39 is 0 Å². The molecule has 0 aliphatic rings. The fourth-order valence-corrected chi connectivity index (χ4v) is 2.90. The van der Waals surface area contributed by atoms with Gasteiger partial charge in [-0.25, -0.2) is 0 Å².